The lowest BCUT2D eigenvalue weighted by Crippen LogP contribution is -2.51. The number of hydrogen-bond acceptors (Lipinski definition) is 4. The monoisotopic (exact) mass is 340 g/mol. The minimum Gasteiger partial charge on any atom is -0.351 e. The average Bonchev–Trinajstić information content (AvgIpc) is 2.40. The maximum atomic E-state index is 4.68. The van der Waals surface area contributed by atoms with E-state index in [2.05, 4.69) is 63.0 Å². The summed E-state index contributed by atoms with van der Waals surface area (Å²) in [6.45, 7) is 9.65. The van der Waals surface area contributed by atoms with Gasteiger partial charge in [-0.2, -0.15) is 0 Å². The molecule has 0 saturated carbocycles. The van der Waals surface area contributed by atoms with Gasteiger partial charge in [0.2, 0.25) is 0 Å². The Balaban J connectivity index is 2.17. The molecule has 0 radical (unpaired) electrons. The van der Waals surface area contributed by atoms with Crippen LogP contribution in [-0.4, -0.2) is 49.2 Å². The number of anilines is 1. The van der Waals surface area contributed by atoms with Crippen LogP contribution in [0.1, 0.15) is 25.8 Å². The number of hydrogen-bond donors (Lipinski definition) is 1. The molecule has 1 N–H and O–H groups in total. The Morgan fingerprint density at radius 3 is 2.95 bits per heavy atom. The predicted molar refractivity (Wildman–Crippen MR) is 88.2 cm³/mol. The fourth-order valence-corrected chi connectivity index (χ4v) is 3.10. The summed E-state index contributed by atoms with van der Waals surface area (Å²) in [5.74, 6) is 1.14. The number of piperazine rings is 1. The second-order valence-electron chi connectivity index (χ2n) is 5.62. The normalized spacial score (nSPS) is 20.4. The average molecular weight is 341 g/mol. The molecule has 4 nitrogen and oxygen atoms in total. The summed E-state index contributed by atoms with van der Waals surface area (Å²) in [7, 11) is 2.19. The minimum atomic E-state index is 0.507. The third kappa shape index (κ3) is 3.93. The lowest BCUT2D eigenvalue weighted by Gasteiger charge is -2.39. The smallest absolute Gasteiger partial charge is 0.133 e. The molecule has 1 unspecified atom stereocenters. The van der Waals surface area contributed by atoms with Gasteiger partial charge in [0.25, 0.3) is 0 Å². The zero-order valence-electron chi connectivity index (χ0n) is 12.7. The van der Waals surface area contributed by atoms with Gasteiger partial charge in [-0.3, -0.25) is 0 Å². The Morgan fingerprint density at radius 1 is 1.45 bits per heavy atom. The Bertz CT molecular complexity index is 438. The van der Waals surface area contributed by atoms with Crippen LogP contribution in [0.3, 0.4) is 0 Å². The molecule has 1 aliphatic rings. The summed E-state index contributed by atoms with van der Waals surface area (Å²) in [6, 6.07) is 2.70. The first-order valence-corrected chi connectivity index (χ1v) is 8.21. The molecule has 20 heavy (non-hydrogen) atoms. The number of aromatic nitrogens is 1. The van der Waals surface area contributed by atoms with Crippen molar-refractivity contribution in [2.24, 2.45) is 0 Å². The highest BCUT2D eigenvalue weighted by Gasteiger charge is 2.24. The van der Waals surface area contributed by atoms with E-state index >= 15 is 0 Å². The van der Waals surface area contributed by atoms with Crippen molar-refractivity contribution in [1.29, 1.82) is 0 Å². The van der Waals surface area contributed by atoms with Crippen LogP contribution < -0.4 is 10.2 Å². The molecule has 1 fully saturated rings. The van der Waals surface area contributed by atoms with Gasteiger partial charge >= 0.3 is 0 Å². The van der Waals surface area contributed by atoms with Gasteiger partial charge in [-0.25, -0.2) is 4.98 Å². The van der Waals surface area contributed by atoms with Gasteiger partial charge in [0, 0.05) is 48.5 Å². The summed E-state index contributed by atoms with van der Waals surface area (Å²) in [5, 5.41) is 3.48. The maximum Gasteiger partial charge on any atom is 0.133 e. The molecule has 2 heterocycles. The highest BCUT2D eigenvalue weighted by Crippen LogP contribution is 2.25. The van der Waals surface area contributed by atoms with Crippen molar-refractivity contribution in [1.82, 2.24) is 15.2 Å². The topological polar surface area (TPSA) is 31.4 Å². The van der Waals surface area contributed by atoms with Crippen molar-refractivity contribution in [3.05, 3.63) is 22.3 Å². The van der Waals surface area contributed by atoms with Crippen molar-refractivity contribution in [3.8, 4) is 0 Å². The van der Waals surface area contributed by atoms with E-state index in [-0.39, 0.29) is 0 Å². The molecule has 5 heteroatoms. The predicted octanol–water partition coefficient (Wildman–Crippen LogP) is 2.48. The van der Waals surface area contributed by atoms with Crippen molar-refractivity contribution < 1.29 is 0 Å². The first kappa shape index (κ1) is 15.7. The van der Waals surface area contributed by atoms with Crippen LogP contribution >= 0.6 is 15.9 Å². The second-order valence-corrected chi connectivity index (χ2v) is 6.53. The van der Waals surface area contributed by atoms with Crippen molar-refractivity contribution in [2.75, 3.05) is 38.1 Å². The van der Waals surface area contributed by atoms with E-state index in [4.69, 9.17) is 0 Å². The molecule has 1 saturated heterocycles. The third-order valence-electron chi connectivity index (χ3n) is 3.75. The van der Waals surface area contributed by atoms with Crippen LogP contribution in [0.5, 0.6) is 0 Å². The second kappa shape index (κ2) is 7.38. The van der Waals surface area contributed by atoms with Crippen LogP contribution in [0.4, 0.5) is 5.82 Å². The van der Waals surface area contributed by atoms with Crippen LogP contribution in [-0.2, 0) is 6.54 Å². The Kier molecular flexibility index (Phi) is 5.81. The Morgan fingerprint density at radius 2 is 2.25 bits per heavy atom. The molecule has 0 amide bonds. The van der Waals surface area contributed by atoms with E-state index in [1.165, 1.54) is 5.56 Å². The van der Waals surface area contributed by atoms with E-state index in [0.29, 0.717) is 6.04 Å². The minimum absolute atomic E-state index is 0.507. The summed E-state index contributed by atoms with van der Waals surface area (Å²) in [5.41, 5.74) is 1.28. The SMILES string of the molecule is CCCNCc1cc(Br)cnc1N1CCN(C)CC1C. The largest absolute Gasteiger partial charge is 0.351 e. The van der Waals surface area contributed by atoms with E-state index < -0.39 is 0 Å². The van der Waals surface area contributed by atoms with E-state index in [9.17, 15) is 0 Å². The van der Waals surface area contributed by atoms with Gasteiger partial charge < -0.3 is 15.1 Å². The zero-order valence-corrected chi connectivity index (χ0v) is 14.3. The molecule has 0 aliphatic carbocycles. The first-order valence-electron chi connectivity index (χ1n) is 7.42. The van der Waals surface area contributed by atoms with Crippen LogP contribution in [0.25, 0.3) is 0 Å². The molecule has 112 valence electrons. The number of nitrogens with one attached hydrogen (secondary N) is 1. The molecular formula is C15H25BrN4. The summed E-state index contributed by atoms with van der Waals surface area (Å²) < 4.78 is 1.05. The Labute approximate surface area is 130 Å². The van der Waals surface area contributed by atoms with Gasteiger partial charge in [-0.05, 0) is 48.9 Å². The molecule has 0 aromatic carbocycles. The number of halogens is 1. The molecule has 1 aliphatic heterocycles. The van der Waals surface area contributed by atoms with Crippen LogP contribution in [0.15, 0.2) is 16.7 Å². The van der Waals surface area contributed by atoms with Crippen LogP contribution in [0.2, 0.25) is 0 Å². The first-order chi connectivity index (χ1) is 9.61. The van der Waals surface area contributed by atoms with Gasteiger partial charge in [0.1, 0.15) is 5.82 Å². The quantitative estimate of drug-likeness (QED) is 0.834. The lowest BCUT2D eigenvalue weighted by atomic mass is 10.1. The van der Waals surface area contributed by atoms with Crippen LogP contribution in [0, 0.1) is 0 Å². The molecule has 1 aromatic heterocycles. The molecule has 1 aromatic rings. The standard InChI is InChI=1S/C15H25BrN4/c1-4-5-17-9-13-8-14(16)10-18-15(13)20-7-6-19(3)11-12(20)2/h8,10,12,17H,4-7,9,11H2,1-3H3. The van der Waals surface area contributed by atoms with E-state index in [0.717, 1.165) is 49.4 Å². The van der Waals surface area contributed by atoms with E-state index in [1.807, 2.05) is 6.20 Å². The third-order valence-corrected chi connectivity index (χ3v) is 4.19. The summed E-state index contributed by atoms with van der Waals surface area (Å²) in [6.07, 6.45) is 3.06. The van der Waals surface area contributed by atoms with Crippen molar-refractivity contribution >= 4 is 21.7 Å². The van der Waals surface area contributed by atoms with Crippen molar-refractivity contribution in [2.45, 2.75) is 32.9 Å². The summed E-state index contributed by atoms with van der Waals surface area (Å²) >= 11 is 3.54. The fourth-order valence-electron chi connectivity index (χ4n) is 2.72. The number of rotatable bonds is 5. The maximum absolute atomic E-state index is 4.68. The molecular weight excluding hydrogens is 316 g/mol. The fraction of sp³-hybridized carbons (Fsp3) is 0.667. The molecule has 0 spiro atoms. The Hall–Kier alpha value is -0.650. The van der Waals surface area contributed by atoms with Gasteiger partial charge in [-0.15, -0.1) is 0 Å². The van der Waals surface area contributed by atoms with Gasteiger partial charge in [-0.1, -0.05) is 6.92 Å². The number of pyridine rings is 1. The zero-order chi connectivity index (χ0) is 14.5. The lowest BCUT2D eigenvalue weighted by molar-refractivity contribution is 0.274. The molecule has 0 bridgehead atoms. The number of nitrogens with zero attached hydrogens (tertiary/aromatic N) is 3. The highest BCUT2D eigenvalue weighted by molar-refractivity contribution is 9.10. The summed E-state index contributed by atoms with van der Waals surface area (Å²) in [4.78, 5) is 9.50. The molecule has 1 atom stereocenters. The van der Waals surface area contributed by atoms with Gasteiger partial charge in [0.15, 0.2) is 0 Å². The highest BCUT2D eigenvalue weighted by atomic mass is 79.9. The van der Waals surface area contributed by atoms with Crippen molar-refractivity contribution in [3.63, 3.8) is 0 Å². The van der Waals surface area contributed by atoms with E-state index in [1.54, 1.807) is 0 Å². The number of likely N-dealkylation sites (N-methyl/N-ethyl adjacent to an activating group) is 1. The van der Waals surface area contributed by atoms with Gasteiger partial charge in [0.05, 0.1) is 0 Å². The molecule has 2 rings (SSSR count).